The lowest BCUT2D eigenvalue weighted by atomic mass is 9.87. The summed E-state index contributed by atoms with van der Waals surface area (Å²) >= 11 is 0. The van der Waals surface area contributed by atoms with E-state index in [1.165, 1.54) is 4.90 Å². The fourth-order valence-electron chi connectivity index (χ4n) is 2.33. The Kier molecular flexibility index (Phi) is 4.51. The Morgan fingerprint density at radius 3 is 2.65 bits per heavy atom. The van der Waals surface area contributed by atoms with Crippen molar-refractivity contribution in [1.82, 2.24) is 4.90 Å². The summed E-state index contributed by atoms with van der Waals surface area (Å²) in [4.78, 5) is 24.9. The van der Waals surface area contributed by atoms with E-state index in [0.29, 0.717) is 19.4 Å². The predicted octanol–water partition coefficient (Wildman–Crippen LogP) is 0.970. The summed E-state index contributed by atoms with van der Waals surface area (Å²) in [6, 6.07) is -0.572. The maximum Gasteiger partial charge on any atom is 0.329 e. The molecule has 1 unspecified atom stereocenters. The normalized spacial score (nSPS) is 26.6. The Morgan fingerprint density at radius 2 is 2.12 bits per heavy atom. The molecule has 2 atom stereocenters. The molecule has 1 saturated heterocycles. The molecule has 0 radical (unpaired) electrons. The number of piperidine rings is 1. The van der Waals surface area contributed by atoms with Crippen molar-refractivity contribution in [1.29, 1.82) is 0 Å². The number of aliphatic carboxylic acids is 1. The average molecular weight is 242 g/mol. The molecule has 3 N–H and O–H groups in total. The van der Waals surface area contributed by atoms with E-state index in [-0.39, 0.29) is 5.91 Å². The molecule has 0 aromatic rings. The predicted molar refractivity (Wildman–Crippen MR) is 64.5 cm³/mol. The highest BCUT2D eigenvalue weighted by Gasteiger charge is 2.44. The van der Waals surface area contributed by atoms with E-state index in [1.807, 2.05) is 6.92 Å². The number of carbonyl (C=O) groups is 2. The van der Waals surface area contributed by atoms with Gasteiger partial charge in [0.1, 0.15) is 5.54 Å². The second-order valence-corrected chi connectivity index (χ2v) is 4.92. The van der Waals surface area contributed by atoms with Crippen LogP contribution in [0.25, 0.3) is 0 Å². The highest BCUT2D eigenvalue weighted by molar-refractivity contribution is 5.89. The van der Waals surface area contributed by atoms with Gasteiger partial charge in [-0.1, -0.05) is 13.3 Å². The van der Waals surface area contributed by atoms with Gasteiger partial charge >= 0.3 is 5.97 Å². The van der Waals surface area contributed by atoms with E-state index < -0.39 is 17.6 Å². The molecule has 0 aliphatic carbocycles. The molecule has 1 aliphatic rings. The lowest BCUT2D eigenvalue weighted by Gasteiger charge is -2.42. The topological polar surface area (TPSA) is 83.6 Å². The van der Waals surface area contributed by atoms with E-state index in [9.17, 15) is 14.7 Å². The van der Waals surface area contributed by atoms with Crippen molar-refractivity contribution in [2.75, 3.05) is 6.54 Å². The molecule has 1 aliphatic heterocycles. The fourth-order valence-corrected chi connectivity index (χ4v) is 2.33. The number of carboxylic acid groups (broad SMARTS) is 1. The Balaban J connectivity index is 2.85. The number of nitrogens with zero attached hydrogens (tertiary/aromatic N) is 1. The van der Waals surface area contributed by atoms with Gasteiger partial charge in [-0.15, -0.1) is 0 Å². The Morgan fingerprint density at radius 1 is 1.47 bits per heavy atom. The number of nitrogens with two attached hydrogens (primary N) is 1. The second-order valence-electron chi connectivity index (χ2n) is 4.92. The van der Waals surface area contributed by atoms with Gasteiger partial charge < -0.3 is 15.7 Å². The quantitative estimate of drug-likeness (QED) is 0.769. The number of hydrogen-bond acceptors (Lipinski definition) is 3. The minimum absolute atomic E-state index is 0.226. The molecule has 1 rings (SSSR count). The number of likely N-dealkylation sites (tertiary alicyclic amines) is 1. The van der Waals surface area contributed by atoms with Crippen LogP contribution in [-0.4, -0.2) is 40.0 Å². The number of carboxylic acids is 1. The largest absolute Gasteiger partial charge is 0.480 e. The first-order chi connectivity index (χ1) is 7.93. The Labute approximate surface area is 102 Å². The SMILES string of the molecule is CCC[C@@H](N)C(=O)N1CCCCC1(C)C(=O)O. The third kappa shape index (κ3) is 2.77. The van der Waals surface area contributed by atoms with Gasteiger partial charge in [0.05, 0.1) is 6.04 Å². The van der Waals surface area contributed by atoms with Crippen LogP contribution in [0.4, 0.5) is 0 Å². The standard InChI is InChI=1S/C12H22N2O3/c1-3-6-9(13)10(15)14-8-5-4-7-12(14,2)11(16)17/h9H,3-8,13H2,1-2H3,(H,16,17)/t9-,12?/m1/s1. The van der Waals surface area contributed by atoms with Crippen molar-refractivity contribution >= 4 is 11.9 Å². The van der Waals surface area contributed by atoms with Gasteiger partial charge in [0.15, 0.2) is 0 Å². The van der Waals surface area contributed by atoms with Crippen LogP contribution >= 0.6 is 0 Å². The zero-order chi connectivity index (χ0) is 13.1. The zero-order valence-electron chi connectivity index (χ0n) is 10.6. The molecule has 0 aromatic carbocycles. The van der Waals surface area contributed by atoms with Gasteiger partial charge in [-0.25, -0.2) is 4.79 Å². The molecule has 5 heteroatoms. The monoisotopic (exact) mass is 242 g/mol. The maximum atomic E-state index is 12.1. The average Bonchev–Trinajstić information content (AvgIpc) is 2.29. The van der Waals surface area contributed by atoms with Crippen LogP contribution in [-0.2, 0) is 9.59 Å². The summed E-state index contributed by atoms with van der Waals surface area (Å²) in [6.07, 6.45) is 3.63. The van der Waals surface area contributed by atoms with Crippen LogP contribution in [0.3, 0.4) is 0 Å². The van der Waals surface area contributed by atoms with Gasteiger partial charge in [-0.05, 0) is 32.6 Å². The molecule has 0 aromatic heterocycles. The van der Waals surface area contributed by atoms with E-state index in [0.717, 1.165) is 19.3 Å². The van der Waals surface area contributed by atoms with Gasteiger partial charge in [0, 0.05) is 6.54 Å². The van der Waals surface area contributed by atoms with Crippen molar-refractivity contribution in [3.63, 3.8) is 0 Å². The molecule has 17 heavy (non-hydrogen) atoms. The van der Waals surface area contributed by atoms with Crippen molar-refractivity contribution in [2.45, 2.75) is 57.5 Å². The van der Waals surface area contributed by atoms with E-state index >= 15 is 0 Å². The summed E-state index contributed by atoms with van der Waals surface area (Å²) in [7, 11) is 0. The van der Waals surface area contributed by atoms with Crippen LogP contribution in [0, 0.1) is 0 Å². The van der Waals surface area contributed by atoms with E-state index in [1.54, 1.807) is 6.92 Å². The molecular formula is C12H22N2O3. The minimum atomic E-state index is -1.08. The van der Waals surface area contributed by atoms with Crippen molar-refractivity contribution < 1.29 is 14.7 Å². The van der Waals surface area contributed by atoms with Crippen molar-refractivity contribution in [3.8, 4) is 0 Å². The van der Waals surface area contributed by atoms with Gasteiger partial charge in [0.25, 0.3) is 0 Å². The number of rotatable bonds is 4. The Bertz CT molecular complexity index is 306. The van der Waals surface area contributed by atoms with Crippen LogP contribution in [0.15, 0.2) is 0 Å². The lowest BCUT2D eigenvalue weighted by molar-refractivity contribution is -0.161. The molecule has 0 saturated carbocycles. The van der Waals surface area contributed by atoms with E-state index in [2.05, 4.69) is 0 Å². The van der Waals surface area contributed by atoms with Crippen molar-refractivity contribution in [2.24, 2.45) is 5.73 Å². The summed E-state index contributed by atoms with van der Waals surface area (Å²) in [6.45, 7) is 4.07. The number of amides is 1. The minimum Gasteiger partial charge on any atom is -0.480 e. The van der Waals surface area contributed by atoms with Crippen LogP contribution in [0.1, 0.15) is 46.0 Å². The molecule has 1 amide bonds. The zero-order valence-corrected chi connectivity index (χ0v) is 10.6. The smallest absolute Gasteiger partial charge is 0.329 e. The molecule has 98 valence electrons. The first-order valence-corrected chi connectivity index (χ1v) is 6.24. The first-order valence-electron chi connectivity index (χ1n) is 6.24. The third-order valence-electron chi connectivity index (χ3n) is 3.53. The second kappa shape index (κ2) is 5.49. The highest BCUT2D eigenvalue weighted by Crippen LogP contribution is 2.29. The van der Waals surface area contributed by atoms with Gasteiger partial charge in [0.2, 0.25) is 5.91 Å². The molecule has 0 bridgehead atoms. The molecule has 5 nitrogen and oxygen atoms in total. The maximum absolute atomic E-state index is 12.1. The van der Waals surface area contributed by atoms with Gasteiger partial charge in [-0.2, -0.15) is 0 Å². The van der Waals surface area contributed by atoms with Crippen LogP contribution in [0.5, 0.6) is 0 Å². The summed E-state index contributed by atoms with van der Waals surface area (Å²) in [5, 5.41) is 9.29. The first kappa shape index (κ1) is 14.0. The number of hydrogen-bond donors (Lipinski definition) is 2. The Hall–Kier alpha value is -1.10. The molecule has 1 heterocycles. The molecule has 1 fully saturated rings. The third-order valence-corrected chi connectivity index (χ3v) is 3.53. The van der Waals surface area contributed by atoms with Gasteiger partial charge in [-0.3, -0.25) is 4.79 Å². The lowest BCUT2D eigenvalue weighted by Crippen LogP contribution is -2.60. The summed E-state index contributed by atoms with van der Waals surface area (Å²) in [5.74, 6) is -1.16. The van der Waals surface area contributed by atoms with Crippen LogP contribution < -0.4 is 5.73 Å². The highest BCUT2D eigenvalue weighted by atomic mass is 16.4. The van der Waals surface area contributed by atoms with Crippen LogP contribution in [0.2, 0.25) is 0 Å². The molecular weight excluding hydrogens is 220 g/mol. The van der Waals surface area contributed by atoms with E-state index in [4.69, 9.17) is 5.73 Å². The molecule has 0 spiro atoms. The number of carbonyl (C=O) groups excluding carboxylic acids is 1. The summed E-state index contributed by atoms with van der Waals surface area (Å²) < 4.78 is 0. The summed E-state index contributed by atoms with van der Waals surface area (Å²) in [5.41, 5.74) is 4.71. The van der Waals surface area contributed by atoms with Crippen molar-refractivity contribution in [3.05, 3.63) is 0 Å². The fraction of sp³-hybridized carbons (Fsp3) is 0.833.